The summed E-state index contributed by atoms with van der Waals surface area (Å²) in [4.78, 5) is 0. The normalized spacial score (nSPS) is 33.3. The standard InChI is InChI=1S/C7H13O5PS/c8-14(9)5-1-2-7(6-14)12-13-10-3-4-11-13/h7H,1-6H2. The van der Waals surface area contributed by atoms with Gasteiger partial charge in [-0.25, -0.2) is 8.42 Å². The van der Waals surface area contributed by atoms with Crippen molar-refractivity contribution >= 4 is 18.4 Å². The van der Waals surface area contributed by atoms with Crippen LogP contribution in [0.25, 0.3) is 0 Å². The number of sulfone groups is 1. The third-order valence-corrected chi connectivity index (χ3v) is 5.18. The molecule has 0 aromatic rings. The molecule has 1 atom stereocenters. The average molecular weight is 240 g/mol. The highest BCUT2D eigenvalue weighted by Gasteiger charge is 2.30. The Balaban J connectivity index is 1.85. The van der Waals surface area contributed by atoms with Crippen LogP contribution in [0.2, 0.25) is 0 Å². The Morgan fingerprint density at radius 1 is 1.29 bits per heavy atom. The fourth-order valence-electron chi connectivity index (χ4n) is 1.51. The Hall–Kier alpha value is 0.260. The first-order chi connectivity index (χ1) is 6.66. The molecule has 0 radical (unpaired) electrons. The van der Waals surface area contributed by atoms with Gasteiger partial charge >= 0.3 is 8.60 Å². The molecule has 7 heteroatoms. The number of hydrogen-bond acceptors (Lipinski definition) is 5. The van der Waals surface area contributed by atoms with Gasteiger partial charge in [-0.1, -0.05) is 0 Å². The van der Waals surface area contributed by atoms with Crippen LogP contribution in [0.1, 0.15) is 12.8 Å². The SMILES string of the molecule is O=S1(=O)CCCC(OP2OCCO2)C1. The highest BCUT2D eigenvalue weighted by molar-refractivity contribution is 7.91. The molecule has 2 heterocycles. The fourth-order valence-corrected chi connectivity index (χ4v) is 4.25. The van der Waals surface area contributed by atoms with Crippen molar-refractivity contribution in [1.82, 2.24) is 0 Å². The molecule has 0 bridgehead atoms. The smallest absolute Gasteiger partial charge is 0.310 e. The second-order valence-corrected chi connectivity index (χ2v) is 6.78. The zero-order chi connectivity index (χ0) is 10.0. The van der Waals surface area contributed by atoms with Gasteiger partial charge in [-0.05, 0) is 12.8 Å². The summed E-state index contributed by atoms with van der Waals surface area (Å²) in [5, 5.41) is 0. The van der Waals surface area contributed by atoms with Crippen LogP contribution in [0.15, 0.2) is 0 Å². The molecule has 2 fully saturated rings. The molecule has 2 aliphatic heterocycles. The maximum Gasteiger partial charge on any atom is 0.333 e. The summed E-state index contributed by atoms with van der Waals surface area (Å²) >= 11 is 0. The van der Waals surface area contributed by atoms with Crippen LogP contribution in [-0.2, 0) is 23.4 Å². The molecule has 5 nitrogen and oxygen atoms in total. The van der Waals surface area contributed by atoms with Crippen molar-refractivity contribution in [2.75, 3.05) is 24.7 Å². The van der Waals surface area contributed by atoms with Gasteiger partial charge in [-0.3, -0.25) is 0 Å². The van der Waals surface area contributed by atoms with E-state index in [4.69, 9.17) is 13.6 Å². The molecular formula is C7H13O5PS. The molecule has 82 valence electrons. The van der Waals surface area contributed by atoms with Crippen molar-refractivity contribution in [3.63, 3.8) is 0 Å². The molecule has 0 aliphatic carbocycles. The van der Waals surface area contributed by atoms with E-state index >= 15 is 0 Å². The van der Waals surface area contributed by atoms with Crippen LogP contribution in [0.4, 0.5) is 0 Å². The van der Waals surface area contributed by atoms with E-state index in [1.54, 1.807) is 0 Å². The predicted octanol–water partition coefficient (Wildman–Crippen LogP) is 0.854. The molecule has 1 unspecified atom stereocenters. The predicted molar refractivity (Wildman–Crippen MR) is 51.6 cm³/mol. The molecule has 0 aromatic heterocycles. The molecular weight excluding hydrogens is 227 g/mol. The van der Waals surface area contributed by atoms with Crippen molar-refractivity contribution in [3.8, 4) is 0 Å². The summed E-state index contributed by atoms with van der Waals surface area (Å²) in [6, 6.07) is 0. The van der Waals surface area contributed by atoms with Crippen molar-refractivity contribution in [2.45, 2.75) is 18.9 Å². The van der Waals surface area contributed by atoms with E-state index in [0.29, 0.717) is 19.6 Å². The lowest BCUT2D eigenvalue weighted by Crippen LogP contribution is -2.30. The van der Waals surface area contributed by atoms with Crippen LogP contribution in [0.5, 0.6) is 0 Å². The Kier molecular flexibility index (Phi) is 3.39. The first-order valence-corrected chi connectivity index (χ1v) is 7.50. The van der Waals surface area contributed by atoms with Gasteiger partial charge in [0.2, 0.25) is 0 Å². The topological polar surface area (TPSA) is 61.8 Å². The van der Waals surface area contributed by atoms with Gasteiger partial charge in [0.15, 0.2) is 9.84 Å². The van der Waals surface area contributed by atoms with Crippen LogP contribution in [0, 0.1) is 0 Å². The molecule has 0 spiro atoms. The summed E-state index contributed by atoms with van der Waals surface area (Å²) in [6.07, 6.45) is 1.22. The second kappa shape index (κ2) is 4.41. The van der Waals surface area contributed by atoms with Crippen molar-refractivity contribution in [1.29, 1.82) is 0 Å². The highest BCUT2D eigenvalue weighted by Crippen LogP contribution is 2.45. The van der Waals surface area contributed by atoms with E-state index < -0.39 is 18.4 Å². The van der Waals surface area contributed by atoms with Gasteiger partial charge < -0.3 is 13.6 Å². The minimum absolute atomic E-state index is 0.110. The fraction of sp³-hybridized carbons (Fsp3) is 1.00. The quantitative estimate of drug-likeness (QED) is 0.670. The average Bonchev–Trinajstić information content (AvgIpc) is 2.54. The lowest BCUT2D eigenvalue weighted by atomic mass is 10.2. The monoisotopic (exact) mass is 240 g/mol. The molecule has 2 aliphatic rings. The van der Waals surface area contributed by atoms with Gasteiger partial charge in [0.05, 0.1) is 30.8 Å². The Labute approximate surface area is 84.6 Å². The maximum absolute atomic E-state index is 11.3. The maximum atomic E-state index is 11.3. The molecule has 0 saturated carbocycles. The lowest BCUT2D eigenvalue weighted by Gasteiger charge is -2.23. The molecule has 2 rings (SSSR count). The van der Waals surface area contributed by atoms with Gasteiger partial charge in [0.25, 0.3) is 0 Å². The largest absolute Gasteiger partial charge is 0.333 e. The first kappa shape index (κ1) is 10.8. The van der Waals surface area contributed by atoms with Crippen LogP contribution in [0.3, 0.4) is 0 Å². The van der Waals surface area contributed by atoms with E-state index in [-0.39, 0.29) is 17.6 Å². The summed E-state index contributed by atoms with van der Waals surface area (Å²) < 4.78 is 38.3. The van der Waals surface area contributed by atoms with Crippen molar-refractivity contribution in [3.05, 3.63) is 0 Å². The Bertz CT molecular complexity index is 284. The van der Waals surface area contributed by atoms with Gasteiger partial charge in [-0.2, -0.15) is 0 Å². The van der Waals surface area contributed by atoms with Crippen molar-refractivity contribution in [2.24, 2.45) is 0 Å². The van der Waals surface area contributed by atoms with E-state index in [1.165, 1.54) is 0 Å². The summed E-state index contributed by atoms with van der Waals surface area (Å²) in [6.45, 7) is 1.09. The summed E-state index contributed by atoms with van der Waals surface area (Å²) in [7, 11) is -4.17. The van der Waals surface area contributed by atoms with E-state index in [2.05, 4.69) is 0 Å². The highest BCUT2D eigenvalue weighted by atomic mass is 32.2. The van der Waals surface area contributed by atoms with Gasteiger partial charge in [-0.15, -0.1) is 0 Å². The first-order valence-electron chi connectivity index (χ1n) is 4.59. The van der Waals surface area contributed by atoms with E-state index in [1.807, 2.05) is 0 Å². The molecule has 0 aromatic carbocycles. The molecule has 14 heavy (non-hydrogen) atoms. The van der Waals surface area contributed by atoms with Gasteiger partial charge in [0.1, 0.15) is 0 Å². The van der Waals surface area contributed by atoms with Crippen LogP contribution in [-0.4, -0.2) is 39.2 Å². The molecule has 0 N–H and O–H groups in total. The van der Waals surface area contributed by atoms with Crippen LogP contribution >= 0.6 is 8.60 Å². The third kappa shape index (κ3) is 2.87. The number of hydrogen-bond donors (Lipinski definition) is 0. The molecule has 2 saturated heterocycles. The van der Waals surface area contributed by atoms with Crippen molar-refractivity contribution < 1.29 is 22.0 Å². The number of rotatable bonds is 2. The van der Waals surface area contributed by atoms with Crippen LogP contribution < -0.4 is 0 Å². The lowest BCUT2D eigenvalue weighted by molar-refractivity contribution is 0.172. The minimum atomic E-state index is -2.90. The Morgan fingerprint density at radius 2 is 2.00 bits per heavy atom. The summed E-state index contributed by atoms with van der Waals surface area (Å²) in [5.41, 5.74) is 0. The third-order valence-electron chi connectivity index (χ3n) is 2.13. The summed E-state index contributed by atoms with van der Waals surface area (Å²) in [5.74, 6) is 0.394. The zero-order valence-corrected chi connectivity index (χ0v) is 9.43. The molecule has 0 amide bonds. The zero-order valence-electron chi connectivity index (χ0n) is 7.72. The van der Waals surface area contributed by atoms with E-state index in [9.17, 15) is 8.42 Å². The minimum Gasteiger partial charge on any atom is -0.310 e. The Morgan fingerprint density at radius 3 is 2.64 bits per heavy atom. The van der Waals surface area contributed by atoms with E-state index in [0.717, 1.165) is 6.42 Å². The van der Waals surface area contributed by atoms with Gasteiger partial charge in [0, 0.05) is 0 Å². The second-order valence-electron chi connectivity index (χ2n) is 3.37.